The number of hydrogen-bond donors (Lipinski definition) is 1. The summed E-state index contributed by atoms with van der Waals surface area (Å²) < 4.78 is -1.54. The van der Waals surface area contributed by atoms with Crippen LogP contribution >= 0.6 is 11.8 Å². The van der Waals surface area contributed by atoms with Crippen LogP contribution in [-0.2, 0) is 14.4 Å². The number of hydrogen-bond acceptors (Lipinski definition) is 5. The van der Waals surface area contributed by atoms with Crippen molar-refractivity contribution in [2.75, 3.05) is 24.6 Å². The molecule has 4 aliphatic rings. The summed E-state index contributed by atoms with van der Waals surface area (Å²) in [6.45, 7) is 8.63. The maximum atomic E-state index is 14.3. The number of nitrogens with zero attached hydrogens (tertiary/aromatic N) is 3. The fourth-order valence-electron chi connectivity index (χ4n) is 6.85. The molecule has 3 amide bonds. The summed E-state index contributed by atoms with van der Waals surface area (Å²) in [5.41, 5.74) is 0.793. The van der Waals surface area contributed by atoms with Gasteiger partial charge < -0.3 is 19.8 Å². The van der Waals surface area contributed by atoms with Gasteiger partial charge in [0.15, 0.2) is 0 Å². The number of likely N-dealkylation sites (tertiary alicyclic amines) is 1. The Morgan fingerprint density at radius 3 is 2.35 bits per heavy atom. The molecule has 37 heavy (non-hydrogen) atoms. The molecule has 0 radical (unpaired) electrons. The van der Waals surface area contributed by atoms with E-state index in [1.807, 2.05) is 60.4 Å². The highest BCUT2D eigenvalue weighted by Crippen LogP contribution is 2.66. The third-order valence-electron chi connectivity index (χ3n) is 8.57. The van der Waals surface area contributed by atoms with Crippen LogP contribution in [0.5, 0.6) is 0 Å². The molecule has 0 saturated carbocycles. The van der Waals surface area contributed by atoms with Crippen LogP contribution in [0, 0.1) is 11.8 Å². The predicted octanol–water partition coefficient (Wildman–Crippen LogP) is 3.24. The number of carbonyl (C=O) groups excluding carboxylic acids is 3. The largest absolute Gasteiger partial charge is 0.394 e. The molecule has 0 aliphatic carbocycles. The highest BCUT2D eigenvalue weighted by molar-refractivity contribution is 8.02. The van der Waals surface area contributed by atoms with E-state index >= 15 is 0 Å². The van der Waals surface area contributed by atoms with Gasteiger partial charge in [0.1, 0.15) is 6.04 Å². The maximum absolute atomic E-state index is 14.3. The Kier molecular flexibility index (Phi) is 6.77. The third kappa shape index (κ3) is 3.86. The van der Waals surface area contributed by atoms with Gasteiger partial charge in [0.25, 0.3) is 0 Å². The van der Waals surface area contributed by atoms with Crippen LogP contribution in [0.2, 0.25) is 0 Å². The first-order chi connectivity index (χ1) is 17.7. The number of thioether (sulfide) groups is 1. The molecular formula is C29H37N3O4S. The summed E-state index contributed by atoms with van der Waals surface area (Å²) in [6, 6.07) is 8.27. The lowest BCUT2D eigenvalue weighted by Crippen LogP contribution is -2.57. The lowest BCUT2D eigenvalue weighted by molar-refractivity contribution is -0.146. The van der Waals surface area contributed by atoms with Crippen LogP contribution in [0.25, 0.3) is 0 Å². The van der Waals surface area contributed by atoms with Crippen LogP contribution < -0.4 is 4.90 Å². The molecule has 1 spiro atoms. The van der Waals surface area contributed by atoms with Gasteiger partial charge in [0.2, 0.25) is 17.7 Å². The summed E-state index contributed by atoms with van der Waals surface area (Å²) in [7, 11) is 0. The van der Waals surface area contributed by atoms with Gasteiger partial charge in [-0.15, -0.1) is 11.8 Å². The van der Waals surface area contributed by atoms with Gasteiger partial charge in [-0.25, -0.2) is 0 Å². The zero-order chi connectivity index (χ0) is 26.5. The average Bonchev–Trinajstić information content (AvgIpc) is 3.16. The van der Waals surface area contributed by atoms with E-state index < -0.39 is 33.4 Å². The van der Waals surface area contributed by atoms with Crippen molar-refractivity contribution in [3.63, 3.8) is 0 Å². The minimum atomic E-state index is -0.891. The summed E-state index contributed by atoms with van der Waals surface area (Å²) >= 11 is 1.58. The van der Waals surface area contributed by atoms with Gasteiger partial charge in [0.05, 0.1) is 29.2 Å². The van der Waals surface area contributed by atoms with Crippen molar-refractivity contribution in [1.82, 2.24) is 9.80 Å². The molecule has 198 valence electrons. The SMILES string of the molecule is CCCC(C)N1CC=C[C@]23S[C@]4(C)C=CCN(c5ccccc5)C(=O)[C@@H]4[C@H]2C(=O)N([C@H](C)CO)C3C1=O. The van der Waals surface area contributed by atoms with Crippen LogP contribution in [0.3, 0.4) is 0 Å². The van der Waals surface area contributed by atoms with E-state index in [9.17, 15) is 19.5 Å². The average molecular weight is 524 g/mol. The first kappa shape index (κ1) is 26.0. The Labute approximate surface area is 223 Å². The van der Waals surface area contributed by atoms with Gasteiger partial charge in [0, 0.05) is 29.6 Å². The third-order valence-corrected chi connectivity index (χ3v) is 10.4. The monoisotopic (exact) mass is 523 g/mol. The molecule has 2 unspecified atom stereocenters. The van der Waals surface area contributed by atoms with E-state index in [0.29, 0.717) is 13.1 Å². The number of aliphatic hydroxyl groups excluding tert-OH is 1. The number of para-hydroxylation sites is 1. The molecule has 0 aromatic heterocycles. The van der Waals surface area contributed by atoms with Crippen LogP contribution in [-0.4, -0.2) is 79.9 Å². The summed E-state index contributed by atoms with van der Waals surface area (Å²) in [4.78, 5) is 48.1. The van der Waals surface area contributed by atoms with E-state index in [1.165, 1.54) is 0 Å². The van der Waals surface area contributed by atoms with Crippen molar-refractivity contribution in [3.8, 4) is 0 Å². The topological polar surface area (TPSA) is 81.2 Å². The van der Waals surface area contributed by atoms with Gasteiger partial charge in [-0.05, 0) is 39.3 Å². The van der Waals surface area contributed by atoms with Crippen LogP contribution in [0.15, 0.2) is 54.6 Å². The molecule has 4 aliphatic heterocycles. The van der Waals surface area contributed by atoms with Crippen molar-refractivity contribution in [1.29, 1.82) is 0 Å². The normalized spacial score (nSPS) is 34.7. The molecule has 1 aromatic rings. The van der Waals surface area contributed by atoms with Crippen molar-refractivity contribution in [3.05, 3.63) is 54.6 Å². The number of anilines is 1. The predicted molar refractivity (Wildman–Crippen MR) is 146 cm³/mol. The summed E-state index contributed by atoms with van der Waals surface area (Å²) in [6.07, 6.45) is 9.96. The van der Waals surface area contributed by atoms with Crippen molar-refractivity contribution in [2.24, 2.45) is 11.8 Å². The van der Waals surface area contributed by atoms with E-state index in [4.69, 9.17) is 0 Å². The number of aliphatic hydroxyl groups is 1. The van der Waals surface area contributed by atoms with Crippen molar-refractivity contribution >= 4 is 35.2 Å². The minimum absolute atomic E-state index is 0.0281. The number of amides is 3. The second kappa shape index (κ2) is 9.62. The van der Waals surface area contributed by atoms with Crippen molar-refractivity contribution in [2.45, 2.75) is 68.2 Å². The first-order valence-electron chi connectivity index (χ1n) is 13.4. The van der Waals surface area contributed by atoms with Crippen LogP contribution in [0.1, 0.15) is 40.5 Å². The quantitative estimate of drug-likeness (QED) is 0.579. The molecule has 7 atom stereocenters. The first-order valence-corrected chi connectivity index (χ1v) is 14.2. The Balaban J connectivity index is 1.64. The molecule has 4 heterocycles. The highest BCUT2D eigenvalue weighted by Gasteiger charge is 2.74. The fourth-order valence-corrected chi connectivity index (χ4v) is 8.99. The molecule has 8 heteroatoms. The molecule has 1 N–H and O–H groups in total. The van der Waals surface area contributed by atoms with Gasteiger partial charge >= 0.3 is 0 Å². The lowest BCUT2D eigenvalue weighted by atomic mass is 9.74. The number of carbonyl (C=O) groups is 3. The second-order valence-electron chi connectivity index (χ2n) is 11.0. The highest BCUT2D eigenvalue weighted by atomic mass is 32.2. The standard InChI is InChI=1S/C29H37N3O4S/c1-5-11-19(2)30-16-10-15-29-23(26(35)32(20(3)18-33)24(29)27(30)36)22-25(34)31(21-12-7-6-8-13-21)17-9-14-28(22,4)37-29/h6-10,12-15,19-20,22-24,33H,5,11,16-18H2,1-4H3/t19?,20-,22+,23+,24?,28-,29+/m1/s1. The van der Waals surface area contributed by atoms with E-state index in [2.05, 4.69) is 19.9 Å². The fraction of sp³-hybridized carbons (Fsp3) is 0.552. The molecule has 0 bridgehead atoms. The van der Waals surface area contributed by atoms with E-state index in [0.717, 1.165) is 18.5 Å². The molecule has 5 rings (SSSR count). The molecule has 2 fully saturated rings. The molecule has 1 aromatic carbocycles. The summed E-state index contributed by atoms with van der Waals surface area (Å²) in [5.74, 6) is -1.75. The van der Waals surface area contributed by atoms with Gasteiger partial charge in [-0.2, -0.15) is 0 Å². The van der Waals surface area contributed by atoms with Crippen LogP contribution in [0.4, 0.5) is 5.69 Å². The number of fused-ring (bicyclic) bond motifs is 2. The van der Waals surface area contributed by atoms with E-state index in [1.54, 1.807) is 28.5 Å². The van der Waals surface area contributed by atoms with Gasteiger partial charge in [-0.3, -0.25) is 14.4 Å². The number of benzene rings is 1. The maximum Gasteiger partial charge on any atom is 0.247 e. The Morgan fingerprint density at radius 1 is 0.973 bits per heavy atom. The van der Waals surface area contributed by atoms with Crippen molar-refractivity contribution < 1.29 is 19.5 Å². The minimum Gasteiger partial charge on any atom is -0.394 e. The Hall–Kier alpha value is -2.58. The molecule has 7 nitrogen and oxygen atoms in total. The lowest BCUT2D eigenvalue weighted by Gasteiger charge is -2.40. The molecular weight excluding hydrogens is 486 g/mol. The number of rotatable bonds is 6. The van der Waals surface area contributed by atoms with E-state index in [-0.39, 0.29) is 30.4 Å². The van der Waals surface area contributed by atoms with Gasteiger partial charge in [-0.1, -0.05) is 55.8 Å². The zero-order valence-corrected chi connectivity index (χ0v) is 22.9. The Bertz CT molecular complexity index is 1140. The molecule has 2 saturated heterocycles. The smallest absolute Gasteiger partial charge is 0.247 e. The summed E-state index contributed by atoms with van der Waals surface area (Å²) in [5, 5.41) is 10.1. The Morgan fingerprint density at radius 2 is 1.68 bits per heavy atom. The zero-order valence-electron chi connectivity index (χ0n) is 22.0. The second-order valence-corrected chi connectivity index (χ2v) is 12.8.